The van der Waals surface area contributed by atoms with Gasteiger partial charge in [0.25, 0.3) is 0 Å². The van der Waals surface area contributed by atoms with Gasteiger partial charge in [0, 0.05) is 31.7 Å². The smallest absolute Gasteiger partial charge is 0.319 e. The van der Waals surface area contributed by atoms with Crippen LogP contribution >= 0.6 is 0 Å². The quantitative estimate of drug-likeness (QED) is 0.686. The van der Waals surface area contributed by atoms with Crippen LogP contribution in [0.25, 0.3) is 16.9 Å². The molecule has 0 N–H and O–H groups in total. The predicted octanol–water partition coefficient (Wildman–Crippen LogP) is 2.44. The van der Waals surface area contributed by atoms with Crippen molar-refractivity contribution in [2.24, 2.45) is 11.8 Å². The van der Waals surface area contributed by atoms with Gasteiger partial charge < -0.3 is 14.4 Å². The standard InChI is InChI=1S/C19H22N6O2/c1-26-18-14(10-21-19(22-18)27-2)15-9-16(17-20-6-8-25(17)23-15)24-7-5-13(11-24)12-3-4-12/h6,8-10,12-13H,3-5,7,11H2,1-2H3. The molecular weight excluding hydrogens is 344 g/mol. The maximum atomic E-state index is 5.45. The maximum Gasteiger partial charge on any atom is 0.319 e. The highest BCUT2D eigenvalue weighted by Crippen LogP contribution is 2.43. The lowest BCUT2D eigenvalue weighted by Gasteiger charge is -2.20. The van der Waals surface area contributed by atoms with E-state index in [0.717, 1.165) is 47.5 Å². The largest absolute Gasteiger partial charge is 0.480 e. The second-order valence-corrected chi connectivity index (χ2v) is 7.22. The second-order valence-electron chi connectivity index (χ2n) is 7.22. The number of aromatic nitrogens is 5. The van der Waals surface area contributed by atoms with Gasteiger partial charge in [0.2, 0.25) is 5.88 Å². The number of rotatable bonds is 5. The van der Waals surface area contributed by atoms with Crippen LogP contribution in [-0.4, -0.2) is 51.9 Å². The molecule has 8 nitrogen and oxygen atoms in total. The molecule has 1 aliphatic heterocycles. The van der Waals surface area contributed by atoms with E-state index in [9.17, 15) is 0 Å². The van der Waals surface area contributed by atoms with E-state index < -0.39 is 0 Å². The first kappa shape index (κ1) is 16.3. The molecule has 1 saturated heterocycles. The van der Waals surface area contributed by atoms with Gasteiger partial charge in [-0.05, 0) is 37.2 Å². The molecule has 4 heterocycles. The Balaban J connectivity index is 1.58. The van der Waals surface area contributed by atoms with Crippen molar-refractivity contribution in [3.8, 4) is 23.1 Å². The summed E-state index contributed by atoms with van der Waals surface area (Å²) in [5.74, 6) is 2.16. The molecule has 0 amide bonds. The third kappa shape index (κ3) is 2.85. The second kappa shape index (κ2) is 6.37. The van der Waals surface area contributed by atoms with E-state index in [2.05, 4.69) is 25.9 Å². The van der Waals surface area contributed by atoms with Crippen LogP contribution in [-0.2, 0) is 0 Å². The van der Waals surface area contributed by atoms with Crippen molar-refractivity contribution < 1.29 is 9.47 Å². The molecule has 0 spiro atoms. The van der Waals surface area contributed by atoms with Gasteiger partial charge in [-0.1, -0.05) is 0 Å². The van der Waals surface area contributed by atoms with E-state index in [1.807, 2.05) is 10.7 Å². The van der Waals surface area contributed by atoms with Crippen LogP contribution in [0.3, 0.4) is 0 Å². The minimum atomic E-state index is 0.270. The van der Waals surface area contributed by atoms with Gasteiger partial charge in [0.1, 0.15) is 5.69 Å². The van der Waals surface area contributed by atoms with Gasteiger partial charge in [-0.15, -0.1) is 0 Å². The molecule has 1 unspecified atom stereocenters. The van der Waals surface area contributed by atoms with E-state index in [4.69, 9.17) is 14.6 Å². The molecule has 0 radical (unpaired) electrons. The zero-order valence-corrected chi connectivity index (χ0v) is 15.5. The number of anilines is 1. The number of hydrogen-bond donors (Lipinski definition) is 0. The minimum absolute atomic E-state index is 0.270. The Labute approximate surface area is 157 Å². The summed E-state index contributed by atoms with van der Waals surface area (Å²) in [6.45, 7) is 2.15. The highest BCUT2D eigenvalue weighted by Gasteiger charge is 2.36. The summed E-state index contributed by atoms with van der Waals surface area (Å²) < 4.78 is 12.4. The normalized spacial score (nSPS) is 19.6. The fourth-order valence-corrected chi connectivity index (χ4v) is 4.00. The Morgan fingerprint density at radius 1 is 1.07 bits per heavy atom. The number of ether oxygens (including phenoxy) is 2. The van der Waals surface area contributed by atoms with Gasteiger partial charge in [0.15, 0.2) is 5.65 Å². The van der Waals surface area contributed by atoms with Crippen molar-refractivity contribution in [2.75, 3.05) is 32.2 Å². The SMILES string of the molecule is COc1ncc(-c2cc(N3CCC(C4CC4)C3)c3nccn3n2)c(OC)n1. The zero-order chi connectivity index (χ0) is 18.4. The van der Waals surface area contributed by atoms with E-state index >= 15 is 0 Å². The molecule has 1 aliphatic carbocycles. The number of methoxy groups -OCH3 is 2. The fraction of sp³-hybridized carbons (Fsp3) is 0.474. The van der Waals surface area contributed by atoms with E-state index in [0.29, 0.717) is 5.88 Å². The molecule has 1 saturated carbocycles. The Morgan fingerprint density at radius 3 is 2.74 bits per heavy atom. The van der Waals surface area contributed by atoms with Gasteiger partial charge >= 0.3 is 6.01 Å². The third-order valence-electron chi connectivity index (χ3n) is 5.58. The summed E-state index contributed by atoms with van der Waals surface area (Å²) in [6.07, 6.45) is 9.37. The third-order valence-corrected chi connectivity index (χ3v) is 5.58. The molecule has 0 aromatic carbocycles. The highest BCUT2D eigenvalue weighted by molar-refractivity contribution is 5.76. The predicted molar refractivity (Wildman–Crippen MR) is 100 cm³/mol. The lowest BCUT2D eigenvalue weighted by molar-refractivity contribution is 0.353. The molecule has 5 rings (SSSR count). The fourth-order valence-electron chi connectivity index (χ4n) is 4.00. The van der Waals surface area contributed by atoms with Crippen molar-refractivity contribution in [1.82, 2.24) is 24.6 Å². The molecule has 27 heavy (non-hydrogen) atoms. The van der Waals surface area contributed by atoms with Crippen molar-refractivity contribution in [2.45, 2.75) is 19.3 Å². The Hall–Kier alpha value is -2.90. The number of fused-ring (bicyclic) bond motifs is 1. The molecule has 1 atom stereocenters. The molecule has 2 fully saturated rings. The monoisotopic (exact) mass is 366 g/mol. The topological polar surface area (TPSA) is 77.7 Å². The summed E-state index contributed by atoms with van der Waals surface area (Å²) in [5, 5.41) is 4.69. The summed E-state index contributed by atoms with van der Waals surface area (Å²) >= 11 is 0. The van der Waals surface area contributed by atoms with Gasteiger partial charge in [-0.25, -0.2) is 14.5 Å². The summed E-state index contributed by atoms with van der Waals surface area (Å²) in [5.41, 5.74) is 3.47. The average molecular weight is 366 g/mol. The summed E-state index contributed by atoms with van der Waals surface area (Å²) in [4.78, 5) is 15.5. The van der Waals surface area contributed by atoms with Crippen molar-refractivity contribution in [3.05, 3.63) is 24.7 Å². The van der Waals surface area contributed by atoms with E-state index in [-0.39, 0.29) is 6.01 Å². The first-order valence-corrected chi connectivity index (χ1v) is 9.31. The van der Waals surface area contributed by atoms with Crippen LogP contribution in [0.2, 0.25) is 0 Å². The zero-order valence-electron chi connectivity index (χ0n) is 15.5. The number of imidazole rings is 1. The van der Waals surface area contributed by atoms with Crippen molar-refractivity contribution >= 4 is 11.3 Å². The summed E-state index contributed by atoms with van der Waals surface area (Å²) in [6, 6.07) is 2.34. The first-order chi connectivity index (χ1) is 13.3. The van der Waals surface area contributed by atoms with Crippen LogP contribution in [0.1, 0.15) is 19.3 Å². The maximum absolute atomic E-state index is 5.45. The van der Waals surface area contributed by atoms with E-state index in [1.165, 1.54) is 26.4 Å². The van der Waals surface area contributed by atoms with Gasteiger partial charge in [-0.3, -0.25) is 0 Å². The van der Waals surface area contributed by atoms with Crippen molar-refractivity contribution in [3.63, 3.8) is 0 Å². The van der Waals surface area contributed by atoms with Crippen LogP contribution < -0.4 is 14.4 Å². The molecule has 2 aliphatic rings. The van der Waals surface area contributed by atoms with Crippen LogP contribution in [0, 0.1) is 11.8 Å². The lowest BCUT2D eigenvalue weighted by atomic mass is 10.0. The number of hydrogen-bond acceptors (Lipinski definition) is 7. The lowest BCUT2D eigenvalue weighted by Crippen LogP contribution is -2.21. The highest BCUT2D eigenvalue weighted by atomic mass is 16.5. The molecular formula is C19H22N6O2. The molecule has 3 aromatic rings. The van der Waals surface area contributed by atoms with Gasteiger partial charge in [0.05, 0.1) is 25.5 Å². The van der Waals surface area contributed by atoms with E-state index in [1.54, 1.807) is 19.5 Å². The van der Waals surface area contributed by atoms with Crippen LogP contribution in [0.4, 0.5) is 5.69 Å². The van der Waals surface area contributed by atoms with Crippen molar-refractivity contribution in [1.29, 1.82) is 0 Å². The molecule has 3 aromatic heterocycles. The molecule has 8 heteroatoms. The van der Waals surface area contributed by atoms with Crippen LogP contribution in [0.15, 0.2) is 24.7 Å². The first-order valence-electron chi connectivity index (χ1n) is 9.31. The molecule has 140 valence electrons. The van der Waals surface area contributed by atoms with Crippen LogP contribution in [0.5, 0.6) is 11.9 Å². The minimum Gasteiger partial charge on any atom is -0.480 e. The summed E-state index contributed by atoms with van der Waals surface area (Å²) in [7, 11) is 3.12. The Morgan fingerprint density at radius 2 is 1.96 bits per heavy atom. The van der Waals surface area contributed by atoms with Gasteiger partial charge in [-0.2, -0.15) is 10.1 Å². The molecule has 0 bridgehead atoms. The number of nitrogens with zero attached hydrogens (tertiary/aromatic N) is 6. The Bertz CT molecular complexity index is 983. The average Bonchev–Trinajstić information content (AvgIpc) is 3.25. The Kier molecular flexibility index (Phi) is 3.84.